The molecule has 6 heteroatoms. The molecular weight excluding hydrogens is 320 g/mol. The highest BCUT2D eigenvalue weighted by Gasteiger charge is 2.47. The summed E-state index contributed by atoms with van der Waals surface area (Å²) in [6.45, 7) is 7.08. The van der Waals surface area contributed by atoms with Crippen molar-refractivity contribution in [3.8, 4) is 0 Å². The fourth-order valence-electron chi connectivity index (χ4n) is 3.56. The molecule has 25 heavy (non-hydrogen) atoms. The zero-order valence-corrected chi connectivity index (χ0v) is 15.1. The average Bonchev–Trinajstić information content (AvgIpc) is 3.13. The molecule has 2 amide bonds. The Morgan fingerprint density at radius 3 is 2.12 bits per heavy atom. The smallest absolute Gasteiger partial charge is 0.410 e. The third kappa shape index (κ3) is 4.06. The van der Waals surface area contributed by atoms with Crippen molar-refractivity contribution in [2.45, 2.75) is 57.9 Å². The van der Waals surface area contributed by atoms with Crippen molar-refractivity contribution in [2.75, 3.05) is 13.1 Å². The maximum Gasteiger partial charge on any atom is 0.410 e. The Labute approximate surface area is 148 Å². The summed E-state index contributed by atoms with van der Waals surface area (Å²) in [5.74, 6) is 0. The first-order chi connectivity index (χ1) is 11.8. The molecule has 2 atom stereocenters. The Bertz CT molecular complexity index is 626. The molecule has 0 aromatic heterocycles. The Morgan fingerprint density at radius 2 is 1.56 bits per heavy atom. The fourth-order valence-corrected chi connectivity index (χ4v) is 3.56. The molecule has 0 saturated carbocycles. The fraction of sp³-hybridized carbons (Fsp3) is 0.579. The molecule has 6 nitrogen and oxygen atoms in total. The number of likely N-dealkylation sites (tertiary alicyclic amines) is 2. The second-order valence-corrected chi connectivity index (χ2v) is 7.62. The molecule has 0 radical (unpaired) electrons. The van der Waals surface area contributed by atoms with Gasteiger partial charge in [-0.3, -0.25) is 0 Å². The number of nitrogens with zero attached hydrogens (tertiary/aromatic N) is 2. The molecule has 0 unspecified atom stereocenters. The van der Waals surface area contributed by atoms with Gasteiger partial charge in [0.1, 0.15) is 12.2 Å². The summed E-state index contributed by atoms with van der Waals surface area (Å²) in [6, 6.07) is 9.69. The summed E-state index contributed by atoms with van der Waals surface area (Å²) in [6.07, 6.45) is 0.941. The largest absolute Gasteiger partial charge is 0.445 e. The lowest BCUT2D eigenvalue weighted by atomic mass is 10.1. The maximum absolute atomic E-state index is 12.4. The summed E-state index contributed by atoms with van der Waals surface area (Å²) >= 11 is 0. The Balaban J connectivity index is 1.56. The molecule has 2 aliphatic rings. The first-order valence-corrected chi connectivity index (χ1v) is 8.82. The van der Waals surface area contributed by atoms with Gasteiger partial charge >= 0.3 is 12.2 Å². The number of hydrogen-bond acceptors (Lipinski definition) is 4. The molecule has 0 bridgehead atoms. The van der Waals surface area contributed by atoms with Crippen LogP contribution < -0.4 is 0 Å². The second kappa shape index (κ2) is 6.94. The van der Waals surface area contributed by atoms with Crippen LogP contribution in [0, 0.1) is 0 Å². The van der Waals surface area contributed by atoms with Crippen LogP contribution in [0.25, 0.3) is 0 Å². The summed E-state index contributed by atoms with van der Waals surface area (Å²) in [7, 11) is 0. The monoisotopic (exact) mass is 346 g/mol. The number of fused-ring (bicyclic) bond motifs is 1. The summed E-state index contributed by atoms with van der Waals surface area (Å²) in [4.78, 5) is 28.3. The number of carbonyl (C=O) groups excluding carboxylic acids is 2. The van der Waals surface area contributed by atoms with Crippen LogP contribution in [-0.4, -0.2) is 52.8 Å². The van der Waals surface area contributed by atoms with Crippen LogP contribution in [0.3, 0.4) is 0 Å². The topological polar surface area (TPSA) is 59.1 Å². The van der Waals surface area contributed by atoms with E-state index in [1.807, 2.05) is 51.1 Å². The zero-order chi connectivity index (χ0) is 18.0. The summed E-state index contributed by atoms with van der Waals surface area (Å²) in [5.41, 5.74) is 0.454. The van der Waals surface area contributed by atoms with Gasteiger partial charge in [0.05, 0.1) is 12.1 Å². The zero-order valence-electron chi connectivity index (χ0n) is 15.1. The van der Waals surface area contributed by atoms with Gasteiger partial charge in [-0.1, -0.05) is 30.3 Å². The van der Waals surface area contributed by atoms with Crippen molar-refractivity contribution in [1.82, 2.24) is 9.80 Å². The minimum Gasteiger partial charge on any atom is -0.445 e. The minimum absolute atomic E-state index is 0.0239. The molecule has 0 aliphatic carbocycles. The maximum atomic E-state index is 12.4. The van der Waals surface area contributed by atoms with E-state index in [1.54, 1.807) is 9.80 Å². The van der Waals surface area contributed by atoms with Gasteiger partial charge in [-0.25, -0.2) is 9.59 Å². The summed E-state index contributed by atoms with van der Waals surface area (Å²) < 4.78 is 10.9. The van der Waals surface area contributed by atoms with Crippen molar-refractivity contribution < 1.29 is 19.1 Å². The van der Waals surface area contributed by atoms with Gasteiger partial charge < -0.3 is 19.3 Å². The first-order valence-electron chi connectivity index (χ1n) is 8.82. The molecule has 2 heterocycles. The molecular formula is C19H26N2O4. The van der Waals surface area contributed by atoms with Gasteiger partial charge in [-0.15, -0.1) is 0 Å². The van der Waals surface area contributed by atoms with Gasteiger partial charge in [-0.05, 0) is 39.2 Å². The van der Waals surface area contributed by atoms with E-state index in [0.29, 0.717) is 13.1 Å². The number of rotatable bonds is 2. The number of hydrogen-bond donors (Lipinski definition) is 0. The van der Waals surface area contributed by atoms with Crippen molar-refractivity contribution in [2.24, 2.45) is 0 Å². The van der Waals surface area contributed by atoms with Crippen molar-refractivity contribution >= 4 is 12.2 Å². The highest BCUT2D eigenvalue weighted by Crippen LogP contribution is 2.33. The Morgan fingerprint density at radius 1 is 1.00 bits per heavy atom. The minimum atomic E-state index is -0.512. The van der Waals surface area contributed by atoms with E-state index in [0.717, 1.165) is 18.4 Å². The van der Waals surface area contributed by atoms with E-state index in [9.17, 15) is 9.59 Å². The standard InChI is InChI=1S/C19H26N2O4/c1-19(2,3)25-18(23)21-12-10-15-16(21)9-11-20(15)17(22)24-13-14-7-5-4-6-8-14/h4-8,15-16H,9-13H2,1-3H3/t15-,16+/m0/s1. The van der Waals surface area contributed by atoms with Crippen LogP contribution in [0.4, 0.5) is 9.59 Å². The van der Waals surface area contributed by atoms with Crippen LogP contribution in [0.5, 0.6) is 0 Å². The third-order valence-electron chi connectivity index (χ3n) is 4.64. The van der Waals surface area contributed by atoms with E-state index in [2.05, 4.69) is 0 Å². The number of carbonyl (C=O) groups is 2. The quantitative estimate of drug-likeness (QED) is 0.823. The van der Waals surface area contributed by atoms with Crippen LogP contribution in [0.1, 0.15) is 39.2 Å². The number of benzene rings is 1. The SMILES string of the molecule is CC(C)(C)OC(=O)N1CC[C@H]2[C@H]1CCN2C(=O)OCc1ccccc1. The first kappa shape index (κ1) is 17.6. The van der Waals surface area contributed by atoms with Gasteiger partial charge in [0.25, 0.3) is 0 Å². The van der Waals surface area contributed by atoms with Gasteiger partial charge in [0, 0.05) is 13.1 Å². The lowest BCUT2D eigenvalue weighted by Crippen LogP contribution is -2.43. The van der Waals surface area contributed by atoms with E-state index in [-0.39, 0.29) is 30.9 Å². The van der Waals surface area contributed by atoms with Crippen LogP contribution in [-0.2, 0) is 16.1 Å². The van der Waals surface area contributed by atoms with E-state index in [1.165, 1.54) is 0 Å². The molecule has 1 aromatic rings. The van der Waals surface area contributed by atoms with Gasteiger partial charge in [0.15, 0.2) is 0 Å². The van der Waals surface area contributed by atoms with Crippen LogP contribution in [0.15, 0.2) is 30.3 Å². The predicted octanol–water partition coefficient (Wildman–Crippen LogP) is 3.41. The molecule has 1 aromatic carbocycles. The predicted molar refractivity (Wildman–Crippen MR) is 93.1 cm³/mol. The van der Waals surface area contributed by atoms with Crippen molar-refractivity contribution in [1.29, 1.82) is 0 Å². The normalized spacial score (nSPS) is 22.7. The summed E-state index contributed by atoms with van der Waals surface area (Å²) in [5, 5.41) is 0. The van der Waals surface area contributed by atoms with E-state index < -0.39 is 5.60 Å². The Kier molecular flexibility index (Phi) is 4.88. The molecule has 0 N–H and O–H groups in total. The van der Waals surface area contributed by atoms with Crippen molar-refractivity contribution in [3.05, 3.63) is 35.9 Å². The second-order valence-electron chi connectivity index (χ2n) is 7.62. The van der Waals surface area contributed by atoms with E-state index >= 15 is 0 Å². The molecule has 2 aliphatic heterocycles. The highest BCUT2D eigenvalue weighted by atomic mass is 16.6. The van der Waals surface area contributed by atoms with Gasteiger partial charge in [0.2, 0.25) is 0 Å². The molecule has 3 rings (SSSR count). The van der Waals surface area contributed by atoms with E-state index in [4.69, 9.17) is 9.47 Å². The average molecular weight is 346 g/mol. The molecule has 0 spiro atoms. The van der Waals surface area contributed by atoms with Crippen molar-refractivity contribution in [3.63, 3.8) is 0 Å². The molecule has 2 fully saturated rings. The van der Waals surface area contributed by atoms with Crippen LogP contribution >= 0.6 is 0 Å². The Hall–Kier alpha value is -2.24. The number of ether oxygens (including phenoxy) is 2. The number of amides is 2. The third-order valence-corrected chi connectivity index (χ3v) is 4.64. The lowest BCUT2D eigenvalue weighted by molar-refractivity contribution is 0.0220. The van der Waals surface area contributed by atoms with Crippen LogP contribution in [0.2, 0.25) is 0 Å². The molecule has 2 saturated heterocycles. The van der Waals surface area contributed by atoms with Gasteiger partial charge in [-0.2, -0.15) is 0 Å². The lowest BCUT2D eigenvalue weighted by Gasteiger charge is -2.28. The highest BCUT2D eigenvalue weighted by molar-refractivity contribution is 5.71. The molecule has 136 valence electrons.